The Morgan fingerprint density at radius 2 is 2.03 bits per heavy atom. The molecule has 8 heteroatoms. The van der Waals surface area contributed by atoms with Crippen LogP contribution in [0.2, 0.25) is 0 Å². The summed E-state index contributed by atoms with van der Waals surface area (Å²) in [7, 11) is 0. The molecule has 2 fully saturated rings. The van der Waals surface area contributed by atoms with Crippen LogP contribution < -0.4 is 9.47 Å². The minimum absolute atomic E-state index is 0.0337. The Balaban J connectivity index is 1.28. The van der Waals surface area contributed by atoms with Gasteiger partial charge < -0.3 is 19.1 Å². The van der Waals surface area contributed by atoms with Crippen molar-refractivity contribution in [3.05, 3.63) is 41.2 Å². The van der Waals surface area contributed by atoms with Gasteiger partial charge in [0.2, 0.25) is 0 Å². The van der Waals surface area contributed by atoms with Crippen LogP contribution in [-0.2, 0) is 4.74 Å². The van der Waals surface area contributed by atoms with E-state index in [4.69, 9.17) is 19.2 Å². The standard InChI is InChI=1S/C24H29N3O4S/c1-16-13-25-24(32-15-19-5-3-9-29-19)26-22(16)18-4-2-8-27(14-18)23(28)17-6-7-20-21(12-17)31-11-10-30-20/h6-7,12-13,18-19H,2-5,8-11,14-15H2,1H3/t18-,19+/m1/s1. The second kappa shape index (κ2) is 9.67. The number of rotatable bonds is 5. The number of benzene rings is 1. The molecule has 5 rings (SSSR count). The molecule has 0 aliphatic carbocycles. The number of amides is 1. The maximum atomic E-state index is 13.2. The van der Waals surface area contributed by atoms with Gasteiger partial charge in [-0.1, -0.05) is 11.8 Å². The summed E-state index contributed by atoms with van der Waals surface area (Å²) in [6.45, 7) is 5.40. The van der Waals surface area contributed by atoms with Crippen LogP contribution in [0.3, 0.4) is 0 Å². The van der Waals surface area contributed by atoms with Gasteiger partial charge in [-0.05, 0) is 56.4 Å². The highest BCUT2D eigenvalue weighted by molar-refractivity contribution is 7.99. The molecule has 0 N–H and O–H groups in total. The minimum atomic E-state index is 0.0337. The number of likely N-dealkylation sites (tertiary alicyclic amines) is 1. The highest BCUT2D eigenvalue weighted by Crippen LogP contribution is 2.33. The second-order valence-corrected chi connectivity index (χ2v) is 9.60. The molecule has 2 atom stereocenters. The number of piperidine rings is 1. The molecule has 1 aromatic heterocycles. The number of ether oxygens (including phenoxy) is 3. The fourth-order valence-corrected chi connectivity index (χ4v) is 5.50. The van der Waals surface area contributed by atoms with Crippen LogP contribution in [0.4, 0.5) is 0 Å². The van der Waals surface area contributed by atoms with Crippen molar-refractivity contribution in [2.75, 3.05) is 38.7 Å². The summed E-state index contributed by atoms with van der Waals surface area (Å²) in [6.07, 6.45) is 6.47. The normalized spacial score (nSPS) is 22.7. The summed E-state index contributed by atoms with van der Waals surface area (Å²) in [5.74, 6) is 2.49. The van der Waals surface area contributed by atoms with Gasteiger partial charge in [-0.15, -0.1) is 0 Å². The van der Waals surface area contributed by atoms with Crippen LogP contribution in [0.25, 0.3) is 0 Å². The molecule has 3 aliphatic heterocycles. The van der Waals surface area contributed by atoms with E-state index in [0.29, 0.717) is 42.9 Å². The van der Waals surface area contributed by atoms with Crippen molar-refractivity contribution in [2.24, 2.45) is 0 Å². The maximum Gasteiger partial charge on any atom is 0.254 e. The molecule has 0 spiro atoms. The van der Waals surface area contributed by atoms with Gasteiger partial charge in [-0.25, -0.2) is 9.97 Å². The Labute approximate surface area is 192 Å². The lowest BCUT2D eigenvalue weighted by Gasteiger charge is -2.33. The second-order valence-electron chi connectivity index (χ2n) is 8.62. The van der Waals surface area contributed by atoms with E-state index in [1.807, 2.05) is 23.2 Å². The first-order chi connectivity index (χ1) is 15.7. The lowest BCUT2D eigenvalue weighted by molar-refractivity contribution is 0.0704. The molecule has 0 saturated carbocycles. The smallest absolute Gasteiger partial charge is 0.254 e. The number of thioether (sulfide) groups is 1. The van der Waals surface area contributed by atoms with Gasteiger partial charge in [-0.3, -0.25) is 4.79 Å². The first kappa shape index (κ1) is 21.5. The molecule has 0 radical (unpaired) electrons. The van der Waals surface area contributed by atoms with Crippen molar-refractivity contribution in [3.8, 4) is 11.5 Å². The molecule has 32 heavy (non-hydrogen) atoms. The van der Waals surface area contributed by atoms with Gasteiger partial charge in [-0.2, -0.15) is 0 Å². The lowest BCUT2D eigenvalue weighted by atomic mass is 9.92. The third-order valence-electron chi connectivity index (χ3n) is 6.30. The van der Waals surface area contributed by atoms with Crippen molar-refractivity contribution in [3.63, 3.8) is 0 Å². The number of hydrogen-bond acceptors (Lipinski definition) is 7. The Kier molecular flexibility index (Phi) is 6.50. The van der Waals surface area contributed by atoms with Gasteiger partial charge in [0.25, 0.3) is 5.91 Å². The molecule has 7 nitrogen and oxygen atoms in total. The number of carbonyl (C=O) groups is 1. The van der Waals surface area contributed by atoms with Crippen molar-refractivity contribution in [2.45, 2.75) is 49.8 Å². The molecule has 0 bridgehead atoms. The zero-order valence-corrected chi connectivity index (χ0v) is 19.2. The largest absolute Gasteiger partial charge is 0.486 e. The number of fused-ring (bicyclic) bond motifs is 1. The van der Waals surface area contributed by atoms with Gasteiger partial charge in [0, 0.05) is 43.1 Å². The molecule has 2 saturated heterocycles. The van der Waals surface area contributed by atoms with Gasteiger partial charge in [0.15, 0.2) is 16.7 Å². The third kappa shape index (κ3) is 4.71. The number of aromatic nitrogens is 2. The summed E-state index contributed by atoms with van der Waals surface area (Å²) < 4.78 is 17.0. The summed E-state index contributed by atoms with van der Waals surface area (Å²) in [5, 5.41) is 0.802. The first-order valence-electron chi connectivity index (χ1n) is 11.4. The number of hydrogen-bond donors (Lipinski definition) is 0. The Bertz CT molecular complexity index is 980. The van der Waals surface area contributed by atoms with E-state index < -0.39 is 0 Å². The molecule has 1 amide bonds. The predicted octanol–water partition coefficient (Wildman–Crippen LogP) is 3.85. The third-order valence-corrected chi connectivity index (χ3v) is 7.29. The Morgan fingerprint density at radius 3 is 2.88 bits per heavy atom. The van der Waals surface area contributed by atoms with Crippen LogP contribution >= 0.6 is 11.8 Å². The van der Waals surface area contributed by atoms with E-state index in [1.165, 1.54) is 0 Å². The van der Waals surface area contributed by atoms with Crippen LogP contribution in [0.5, 0.6) is 11.5 Å². The van der Waals surface area contributed by atoms with Crippen molar-refractivity contribution < 1.29 is 19.0 Å². The summed E-state index contributed by atoms with van der Waals surface area (Å²) in [6, 6.07) is 5.46. The summed E-state index contributed by atoms with van der Waals surface area (Å²) in [5.41, 5.74) is 2.79. The fraction of sp³-hybridized carbons (Fsp3) is 0.542. The zero-order chi connectivity index (χ0) is 21.9. The van der Waals surface area contributed by atoms with Crippen LogP contribution in [0.1, 0.15) is 53.2 Å². The topological polar surface area (TPSA) is 73.8 Å². The van der Waals surface area contributed by atoms with Crippen LogP contribution in [0.15, 0.2) is 29.6 Å². The van der Waals surface area contributed by atoms with Crippen LogP contribution in [-0.4, -0.2) is 65.5 Å². The maximum absolute atomic E-state index is 13.2. The average molecular weight is 456 g/mol. The van der Waals surface area contributed by atoms with E-state index in [0.717, 1.165) is 61.0 Å². The Morgan fingerprint density at radius 1 is 1.16 bits per heavy atom. The van der Waals surface area contributed by atoms with E-state index in [2.05, 4.69) is 11.9 Å². The van der Waals surface area contributed by atoms with Gasteiger partial charge in [0.1, 0.15) is 13.2 Å². The highest BCUT2D eigenvalue weighted by atomic mass is 32.2. The quantitative estimate of drug-likeness (QED) is 0.501. The van der Waals surface area contributed by atoms with Crippen molar-refractivity contribution >= 4 is 17.7 Å². The highest BCUT2D eigenvalue weighted by Gasteiger charge is 2.28. The van der Waals surface area contributed by atoms with Gasteiger partial charge in [0.05, 0.1) is 11.8 Å². The average Bonchev–Trinajstić information content (AvgIpc) is 3.36. The first-order valence-corrected chi connectivity index (χ1v) is 12.4. The molecular weight excluding hydrogens is 426 g/mol. The molecule has 3 aliphatic rings. The fourth-order valence-electron chi connectivity index (χ4n) is 4.61. The SMILES string of the molecule is Cc1cnc(SC[C@@H]2CCCO2)nc1[C@@H]1CCCN(C(=O)c2ccc3c(c2)OCCO3)C1. The zero-order valence-electron chi connectivity index (χ0n) is 18.4. The van der Waals surface area contributed by atoms with E-state index >= 15 is 0 Å². The summed E-state index contributed by atoms with van der Waals surface area (Å²) >= 11 is 1.67. The predicted molar refractivity (Wildman–Crippen MR) is 122 cm³/mol. The molecular formula is C24H29N3O4S. The number of aryl methyl sites for hydroxylation is 1. The van der Waals surface area contributed by atoms with Crippen molar-refractivity contribution in [1.82, 2.24) is 14.9 Å². The molecule has 2 aromatic rings. The molecule has 0 unspecified atom stereocenters. The minimum Gasteiger partial charge on any atom is -0.486 e. The molecule has 1 aromatic carbocycles. The Hall–Kier alpha value is -2.32. The number of nitrogens with zero attached hydrogens (tertiary/aromatic N) is 3. The van der Waals surface area contributed by atoms with Crippen LogP contribution in [0, 0.1) is 6.92 Å². The van der Waals surface area contributed by atoms with E-state index in [9.17, 15) is 4.79 Å². The lowest BCUT2D eigenvalue weighted by Crippen LogP contribution is -2.39. The van der Waals surface area contributed by atoms with Crippen molar-refractivity contribution in [1.29, 1.82) is 0 Å². The van der Waals surface area contributed by atoms with E-state index in [-0.39, 0.29) is 11.8 Å². The van der Waals surface area contributed by atoms with Gasteiger partial charge >= 0.3 is 0 Å². The molecule has 4 heterocycles. The molecule has 170 valence electrons. The monoisotopic (exact) mass is 455 g/mol. The number of carbonyl (C=O) groups excluding carboxylic acids is 1. The van der Waals surface area contributed by atoms with E-state index in [1.54, 1.807) is 17.8 Å². The summed E-state index contributed by atoms with van der Waals surface area (Å²) in [4.78, 5) is 24.6.